The first-order valence-corrected chi connectivity index (χ1v) is 11.7. The van der Waals surface area contributed by atoms with Gasteiger partial charge in [0.25, 0.3) is 0 Å². The van der Waals surface area contributed by atoms with E-state index in [-0.39, 0.29) is 0 Å². The van der Waals surface area contributed by atoms with Crippen LogP contribution in [0, 0.1) is 52.4 Å². The number of hydrogen-bond donors (Lipinski definition) is 1. The van der Waals surface area contributed by atoms with Crippen molar-refractivity contribution in [3.63, 3.8) is 0 Å². The van der Waals surface area contributed by atoms with Crippen LogP contribution in [0.1, 0.15) is 68.0 Å². The smallest absolute Gasteiger partial charge is 0.150 e. The summed E-state index contributed by atoms with van der Waals surface area (Å²) in [4.78, 5) is 0. The summed E-state index contributed by atoms with van der Waals surface area (Å²) in [5.41, 5.74) is 8.89. The van der Waals surface area contributed by atoms with E-state index in [0.29, 0.717) is 19.3 Å². The summed E-state index contributed by atoms with van der Waals surface area (Å²) in [5, 5.41) is 4.08. The highest BCUT2D eigenvalue weighted by Gasteiger charge is 2.43. The Balaban J connectivity index is 2.34. The molecule has 0 aliphatic carbocycles. The maximum atomic E-state index is 4.08. The Morgan fingerprint density at radius 3 is 1.36 bits per heavy atom. The number of hydrogen-bond acceptors (Lipinski definition) is 1. The van der Waals surface area contributed by atoms with Crippen LogP contribution in [-0.4, -0.2) is 19.3 Å². The van der Waals surface area contributed by atoms with E-state index >= 15 is 0 Å². The Morgan fingerprint density at radius 2 is 0.964 bits per heavy atom. The minimum Gasteiger partial charge on any atom is -0.324 e. The van der Waals surface area contributed by atoms with Gasteiger partial charge in [0, 0.05) is 6.54 Å². The average Bonchev–Trinajstić information content (AvgIpc) is 2.69. The summed E-state index contributed by atoms with van der Waals surface area (Å²) in [5.74, 6) is 4.40. The summed E-state index contributed by atoms with van der Waals surface area (Å²) in [6.07, 6.45) is 0. The predicted octanol–water partition coefficient (Wildman–Crippen LogP) is 6.72. The molecular formula is C25H45B2N. The van der Waals surface area contributed by atoms with Crippen LogP contribution >= 0.6 is 0 Å². The van der Waals surface area contributed by atoms with E-state index in [1.807, 2.05) is 0 Å². The van der Waals surface area contributed by atoms with Gasteiger partial charge in [-0.25, -0.2) is 0 Å². The third kappa shape index (κ3) is 4.11. The largest absolute Gasteiger partial charge is 0.324 e. The van der Waals surface area contributed by atoms with Crippen molar-refractivity contribution in [1.29, 1.82) is 0 Å². The molecule has 1 nitrogen and oxygen atoms in total. The van der Waals surface area contributed by atoms with Gasteiger partial charge < -0.3 is 5.32 Å². The van der Waals surface area contributed by atoms with Gasteiger partial charge in [-0.2, -0.15) is 0 Å². The van der Waals surface area contributed by atoms with E-state index in [4.69, 9.17) is 0 Å². The molecule has 1 aromatic carbocycles. The van der Waals surface area contributed by atoms with Crippen LogP contribution in [-0.2, 0) is 6.54 Å². The fourth-order valence-electron chi connectivity index (χ4n) is 5.96. The average molecular weight is 381 g/mol. The summed E-state index contributed by atoms with van der Waals surface area (Å²) in [6, 6.07) is 0. The second kappa shape index (κ2) is 8.99. The van der Waals surface area contributed by atoms with Crippen molar-refractivity contribution >= 4 is 13.4 Å². The van der Waals surface area contributed by atoms with Crippen LogP contribution in [0.2, 0.25) is 25.3 Å². The van der Waals surface area contributed by atoms with Crippen molar-refractivity contribution in [3.8, 4) is 0 Å². The van der Waals surface area contributed by atoms with Gasteiger partial charge in [-0.05, 0) is 91.6 Å². The van der Waals surface area contributed by atoms with Gasteiger partial charge in [-0.15, -0.1) is 0 Å². The Bertz CT molecular complexity index is 647. The van der Waals surface area contributed by atoms with Gasteiger partial charge in [-0.3, -0.25) is 0 Å². The van der Waals surface area contributed by atoms with E-state index in [1.165, 1.54) is 33.4 Å². The number of nitrogens with one attached hydrogen (secondary N) is 1. The van der Waals surface area contributed by atoms with Crippen molar-refractivity contribution < 1.29 is 0 Å². The van der Waals surface area contributed by atoms with Crippen LogP contribution in [0.5, 0.6) is 0 Å². The summed E-state index contributed by atoms with van der Waals surface area (Å²) < 4.78 is 0. The molecular weight excluding hydrogens is 336 g/mol. The van der Waals surface area contributed by atoms with E-state index in [9.17, 15) is 0 Å². The van der Waals surface area contributed by atoms with Gasteiger partial charge >= 0.3 is 0 Å². The van der Waals surface area contributed by atoms with Crippen LogP contribution < -0.4 is 5.32 Å². The fraction of sp³-hybridized carbons (Fsp3) is 0.760. The van der Waals surface area contributed by atoms with Crippen molar-refractivity contribution in [3.05, 3.63) is 33.4 Å². The summed E-state index contributed by atoms with van der Waals surface area (Å²) in [6.45, 7) is 31.3. The second-order valence-electron chi connectivity index (χ2n) is 10.5. The SMILES string of the molecule is CB1C(NCc2c(C)c(C)c(C)c(C)c2C)B(C)C(C)C(C)C(C)C(C)C1C. The molecule has 28 heavy (non-hydrogen) atoms. The number of benzene rings is 1. The first-order valence-electron chi connectivity index (χ1n) is 11.7. The van der Waals surface area contributed by atoms with Gasteiger partial charge in [0.2, 0.25) is 0 Å². The monoisotopic (exact) mass is 381 g/mol. The molecule has 1 saturated heterocycles. The molecule has 0 bridgehead atoms. The molecule has 0 saturated carbocycles. The van der Waals surface area contributed by atoms with E-state index < -0.39 is 0 Å². The van der Waals surface area contributed by atoms with E-state index in [2.05, 4.69) is 88.2 Å². The topological polar surface area (TPSA) is 12.0 Å². The fourth-order valence-corrected chi connectivity index (χ4v) is 5.96. The van der Waals surface area contributed by atoms with Gasteiger partial charge in [0.05, 0.1) is 0 Å². The third-order valence-corrected chi connectivity index (χ3v) is 9.78. The van der Waals surface area contributed by atoms with Crippen molar-refractivity contribution in [2.45, 2.75) is 107 Å². The lowest BCUT2D eigenvalue weighted by molar-refractivity contribution is 0.258. The highest BCUT2D eigenvalue weighted by atomic mass is 14.9. The van der Waals surface area contributed by atoms with Crippen LogP contribution in [0.4, 0.5) is 0 Å². The van der Waals surface area contributed by atoms with Crippen molar-refractivity contribution in [1.82, 2.24) is 5.32 Å². The summed E-state index contributed by atoms with van der Waals surface area (Å²) in [7, 11) is 0. The van der Waals surface area contributed by atoms with Crippen LogP contribution in [0.15, 0.2) is 0 Å². The molecule has 3 heteroatoms. The second-order valence-corrected chi connectivity index (χ2v) is 10.5. The Labute approximate surface area is 177 Å². The van der Waals surface area contributed by atoms with E-state index in [1.54, 1.807) is 0 Å². The van der Waals surface area contributed by atoms with Gasteiger partial charge in [-0.1, -0.05) is 59.9 Å². The van der Waals surface area contributed by atoms with Gasteiger partial charge in [0.15, 0.2) is 13.4 Å². The minimum absolute atomic E-state index is 0.572. The molecule has 1 N–H and O–H groups in total. The molecule has 1 fully saturated rings. The molecule has 4 atom stereocenters. The molecule has 1 aromatic rings. The lowest BCUT2D eigenvalue weighted by Gasteiger charge is -2.45. The molecule has 1 aliphatic heterocycles. The highest BCUT2D eigenvalue weighted by molar-refractivity contribution is 6.80. The molecule has 2 rings (SSSR count). The molecule has 0 radical (unpaired) electrons. The van der Waals surface area contributed by atoms with Gasteiger partial charge in [0.1, 0.15) is 0 Å². The first-order chi connectivity index (χ1) is 12.9. The van der Waals surface area contributed by atoms with Crippen LogP contribution in [0.3, 0.4) is 0 Å². The lowest BCUT2D eigenvalue weighted by atomic mass is 9.17. The Kier molecular flexibility index (Phi) is 7.57. The summed E-state index contributed by atoms with van der Waals surface area (Å²) >= 11 is 0. The Morgan fingerprint density at radius 1 is 0.607 bits per heavy atom. The number of rotatable bonds is 3. The third-order valence-electron chi connectivity index (χ3n) is 9.78. The molecule has 0 aromatic heterocycles. The van der Waals surface area contributed by atoms with Crippen molar-refractivity contribution in [2.24, 2.45) is 17.8 Å². The standard InChI is InChI=1S/C25H45B2N/c1-14-15(2)20(7)24(21(8)16(14)3)13-28-25-26(11)22(9)18(5)17(4)19(6)23(10)27(25)12/h17-19,22-23,25,28H,13H2,1-12H3. The zero-order chi connectivity index (χ0) is 21.5. The molecule has 0 spiro atoms. The van der Waals surface area contributed by atoms with E-state index in [0.717, 1.165) is 35.9 Å². The van der Waals surface area contributed by atoms with Crippen molar-refractivity contribution in [2.75, 3.05) is 0 Å². The zero-order valence-electron chi connectivity index (χ0n) is 20.8. The maximum Gasteiger partial charge on any atom is 0.150 e. The molecule has 1 aliphatic rings. The molecule has 1 heterocycles. The normalized spacial score (nSPS) is 31.7. The van der Waals surface area contributed by atoms with Crippen LogP contribution in [0.25, 0.3) is 0 Å². The quantitative estimate of drug-likeness (QED) is 0.574. The predicted molar refractivity (Wildman–Crippen MR) is 130 cm³/mol. The molecule has 4 unspecified atom stereocenters. The minimum atomic E-state index is 0.572. The Hall–Kier alpha value is -0.690. The molecule has 0 amide bonds. The molecule has 156 valence electrons. The zero-order valence-corrected chi connectivity index (χ0v) is 20.8. The first kappa shape index (κ1) is 23.6. The lowest BCUT2D eigenvalue weighted by Crippen LogP contribution is -2.57. The highest BCUT2D eigenvalue weighted by Crippen LogP contribution is 2.42. The maximum absolute atomic E-state index is 4.08.